The van der Waals surface area contributed by atoms with Crippen LogP contribution < -0.4 is 5.32 Å². The van der Waals surface area contributed by atoms with Gasteiger partial charge in [0.25, 0.3) is 0 Å². The van der Waals surface area contributed by atoms with Gasteiger partial charge >= 0.3 is 0 Å². The zero-order valence-electron chi connectivity index (χ0n) is 12.9. The van der Waals surface area contributed by atoms with Crippen LogP contribution in [0.2, 0.25) is 0 Å². The Morgan fingerprint density at radius 2 is 2.27 bits per heavy atom. The number of hydrogen-bond acceptors (Lipinski definition) is 4. The van der Waals surface area contributed by atoms with Gasteiger partial charge in [0.1, 0.15) is 5.82 Å². The van der Waals surface area contributed by atoms with Gasteiger partial charge in [0.2, 0.25) is 5.91 Å². The van der Waals surface area contributed by atoms with E-state index in [1.165, 1.54) is 0 Å². The predicted molar refractivity (Wildman–Crippen MR) is 87.1 cm³/mol. The lowest BCUT2D eigenvalue weighted by Crippen LogP contribution is -2.28. The highest BCUT2D eigenvalue weighted by molar-refractivity contribution is 7.71. The molecule has 0 aliphatic rings. The molecule has 0 spiro atoms. The number of amides is 1. The molecule has 22 heavy (non-hydrogen) atoms. The third kappa shape index (κ3) is 4.49. The molecule has 0 aromatic carbocycles. The molecule has 0 atom stereocenters. The molecule has 0 radical (unpaired) electrons. The van der Waals surface area contributed by atoms with Crippen molar-refractivity contribution in [2.45, 2.75) is 39.2 Å². The number of pyridine rings is 1. The van der Waals surface area contributed by atoms with Crippen molar-refractivity contribution in [1.82, 2.24) is 25.1 Å². The smallest absolute Gasteiger partial charge is 0.220 e. The summed E-state index contributed by atoms with van der Waals surface area (Å²) in [5.74, 6) is 1.22. The molecule has 6 nitrogen and oxygen atoms in total. The number of nitrogens with zero attached hydrogens (tertiary/aromatic N) is 3. The number of carbonyl (C=O) groups is 1. The summed E-state index contributed by atoms with van der Waals surface area (Å²) in [5.41, 5.74) is 0.928. The fourth-order valence-corrected chi connectivity index (χ4v) is 2.40. The molecule has 0 saturated heterocycles. The van der Waals surface area contributed by atoms with E-state index in [4.69, 9.17) is 12.2 Å². The summed E-state index contributed by atoms with van der Waals surface area (Å²) in [6.45, 7) is 5.28. The van der Waals surface area contributed by atoms with E-state index in [0.29, 0.717) is 30.7 Å². The summed E-state index contributed by atoms with van der Waals surface area (Å²) in [6.07, 6.45) is 2.82. The molecule has 2 aromatic heterocycles. The molecule has 0 aliphatic carbocycles. The Bertz CT molecular complexity index is 662. The van der Waals surface area contributed by atoms with Crippen LogP contribution in [0.3, 0.4) is 0 Å². The minimum atomic E-state index is 0.0202. The van der Waals surface area contributed by atoms with E-state index in [1.807, 2.05) is 22.8 Å². The Morgan fingerprint density at radius 1 is 1.45 bits per heavy atom. The van der Waals surface area contributed by atoms with Gasteiger partial charge in [-0.15, -0.1) is 0 Å². The largest absolute Gasteiger partial charge is 0.354 e. The highest BCUT2D eigenvalue weighted by Gasteiger charge is 2.10. The standard InChI is InChI=1S/C15H21N5OS/c1-11(2)14-18-19-15(22)20(14)10-9-17-13(21)7-6-12-5-3-4-8-16-12/h3-5,8,11H,6-7,9-10H2,1-2H3,(H,17,21)(H,19,22). The first-order chi connectivity index (χ1) is 10.6. The van der Waals surface area contributed by atoms with Crippen LogP contribution in [0.1, 0.15) is 37.7 Å². The molecular weight excluding hydrogens is 298 g/mol. The lowest BCUT2D eigenvalue weighted by Gasteiger charge is -2.10. The number of rotatable bonds is 7. The maximum atomic E-state index is 11.9. The maximum Gasteiger partial charge on any atom is 0.220 e. The lowest BCUT2D eigenvalue weighted by atomic mass is 10.2. The van der Waals surface area contributed by atoms with Crippen molar-refractivity contribution in [3.63, 3.8) is 0 Å². The Balaban J connectivity index is 1.78. The second kappa shape index (κ2) is 7.84. The molecule has 0 aliphatic heterocycles. The monoisotopic (exact) mass is 319 g/mol. The Labute approximate surface area is 135 Å². The minimum absolute atomic E-state index is 0.0202. The fraction of sp³-hybridized carbons (Fsp3) is 0.467. The summed E-state index contributed by atoms with van der Waals surface area (Å²) in [4.78, 5) is 16.1. The lowest BCUT2D eigenvalue weighted by molar-refractivity contribution is -0.121. The number of aromatic nitrogens is 4. The van der Waals surface area contributed by atoms with Gasteiger partial charge in [-0.3, -0.25) is 14.9 Å². The van der Waals surface area contributed by atoms with Crippen molar-refractivity contribution in [1.29, 1.82) is 0 Å². The molecule has 2 rings (SSSR count). The van der Waals surface area contributed by atoms with E-state index in [9.17, 15) is 4.79 Å². The zero-order chi connectivity index (χ0) is 15.9. The molecule has 7 heteroatoms. The molecular formula is C15H21N5OS. The van der Waals surface area contributed by atoms with Crippen LogP contribution in [0.4, 0.5) is 0 Å². The average Bonchev–Trinajstić information content (AvgIpc) is 2.88. The van der Waals surface area contributed by atoms with Crippen LogP contribution in [0.15, 0.2) is 24.4 Å². The van der Waals surface area contributed by atoms with Crippen LogP contribution in [0.5, 0.6) is 0 Å². The van der Waals surface area contributed by atoms with E-state index >= 15 is 0 Å². The van der Waals surface area contributed by atoms with Gasteiger partial charge in [0.05, 0.1) is 0 Å². The number of aryl methyl sites for hydroxylation is 1. The second-order valence-corrected chi connectivity index (χ2v) is 5.75. The highest BCUT2D eigenvalue weighted by Crippen LogP contribution is 2.10. The fourth-order valence-electron chi connectivity index (χ4n) is 2.17. The third-order valence-corrected chi connectivity index (χ3v) is 3.61. The van der Waals surface area contributed by atoms with Gasteiger partial charge in [-0.1, -0.05) is 19.9 Å². The van der Waals surface area contributed by atoms with Crippen molar-refractivity contribution >= 4 is 18.1 Å². The Hall–Kier alpha value is -2.02. The molecule has 2 N–H and O–H groups in total. The number of hydrogen-bond donors (Lipinski definition) is 2. The summed E-state index contributed by atoms with van der Waals surface area (Å²) < 4.78 is 2.52. The zero-order valence-corrected chi connectivity index (χ0v) is 13.7. The normalized spacial score (nSPS) is 10.9. The van der Waals surface area contributed by atoms with Gasteiger partial charge in [-0.2, -0.15) is 5.10 Å². The first-order valence-corrected chi connectivity index (χ1v) is 7.80. The molecule has 2 heterocycles. The maximum absolute atomic E-state index is 11.9. The molecule has 0 unspecified atom stereocenters. The average molecular weight is 319 g/mol. The minimum Gasteiger partial charge on any atom is -0.354 e. The third-order valence-electron chi connectivity index (χ3n) is 3.30. The van der Waals surface area contributed by atoms with Gasteiger partial charge in [-0.05, 0) is 30.8 Å². The molecule has 118 valence electrons. The summed E-state index contributed by atoms with van der Waals surface area (Å²) >= 11 is 5.21. The van der Waals surface area contributed by atoms with Crippen molar-refractivity contribution < 1.29 is 4.79 Å². The van der Waals surface area contributed by atoms with Crippen LogP contribution in [-0.4, -0.2) is 32.2 Å². The van der Waals surface area contributed by atoms with Crippen molar-refractivity contribution in [3.05, 3.63) is 40.7 Å². The Morgan fingerprint density at radius 3 is 2.95 bits per heavy atom. The van der Waals surface area contributed by atoms with E-state index in [1.54, 1.807) is 6.20 Å². The van der Waals surface area contributed by atoms with Crippen LogP contribution in [0, 0.1) is 4.77 Å². The topological polar surface area (TPSA) is 75.6 Å². The second-order valence-electron chi connectivity index (χ2n) is 5.36. The van der Waals surface area contributed by atoms with Crippen LogP contribution in [-0.2, 0) is 17.8 Å². The van der Waals surface area contributed by atoms with Crippen molar-refractivity contribution in [2.24, 2.45) is 0 Å². The quantitative estimate of drug-likeness (QED) is 0.767. The number of carbonyl (C=O) groups excluding carboxylic acids is 1. The predicted octanol–water partition coefficient (Wildman–Crippen LogP) is 2.21. The molecule has 1 amide bonds. The molecule has 0 saturated carbocycles. The molecule has 2 aromatic rings. The number of nitrogens with one attached hydrogen (secondary N) is 2. The van der Waals surface area contributed by atoms with Gasteiger partial charge in [0, 0.05) is 37.3 Å². The van der Waals surface area contributed by atoms with Crippen LogP contribution in [0.25, 0.3) is 0 Å². The summed E-state index contributed by atoms with van der Waals surface area (Å²) in [5, 5.41) is 9.92. The van der Waals surface area contributed by atoms with E-state index < -0.39 is 0 Å². The first kappa shape index (κ1) is 16.4. The Kier molecular flexibility index (Phi) is 5.83. The molecule has 0 bridgehead atoms. The van der Waals surface area contributed by atoms with Gasteiger partial charge in [0.15, 0.2) is 4.77 Å². The summed E-state index contributed by atoms with van der Waals surface area (Å²) in [7, 11) is 0. The van der Waals surface area contributed by atoms with Gasteiger partial charge in [-0.25, -0.2) is 0 Å². The van der Waals surface area contributed by atoms with Crippen molar-refractivity contribution in [3.8, 4) is 0 Å². The SMILES string of the molecule is CC(C)c1n[nH]c(=S)n1CCNC(=O)CCc1ccccn1. The first-order valence-electron chi connectivity index (χ1n) is 7.39. The van der Waals surface area contributed by atoms with Gasteiger partial charge < -0.3 is 9.88 Å². The molecule has 0 fully saturated rings. The van der Waals surface area contributed by atoms with E-state index in [0.717, 1.165) is 11.5 Å². The van der Waals surface area contributed by atoms with Crippen LogP contribution >= 0.6 is 12.2 Å². The number of aromatic amines is 1. The highest BCUT2D eigenvalue weighted by atomic mass is 32.1. The van der Waals surface area contributed by atoms with Crippen molar-refractivity contribution in [2.75, 3.05) is 6.54 Å². The number of H-pyrrole nitrogens is 1. The van der Waals surface area contributed by atoms with E-state index in [-0.39, 0.29) is 11.8 Å². The summed E-state index contributed by atoms with van der Waals surface area (Å²) in [6, 6.07) is 5.71. The van der Waals surface area contributed by atoms with E-state index in [2.05, 4.69) is 34.3 Å².